The van der Waals surface area contributed by atoms with E-state index in [-0.39, 0.29) is 59.8 Å². The summed E-state index contributed by atoms with van der Waals surface area (Å²) in [6.45, 7) is 12.7. The van der Waals surface area contributed by atoms with Gasteiger partial charge in [-0.05, 0) is 52.0 Å². The van der Waals surface area contributed by atoms with Gasteiger partial charge in [-0.3, -0.25) is 14.4 Å². The summed E-state index contributed by atoms with van der Waals surface area (Å²) in [5, 5.41) is 5.96. The maximum atomic E-state index is 12.4. The molecule has 3 saturated heterocycles. The number of epoxide rings is 1. The van der Waals surface area contributed by atoms with E-state index in [1.807, 2.05) is 13.8 Å². The van der Waals surface area contributed by atoms with Crippen molar-refractivity contribution in [2.75, 3.05) is 13.2 Å². The Hall–Kier alpha value is -2.49. The highest BCUT2D eigenvalue weighted by Gasteiger charge is 2.51. The monoisotopic (exact) mass is 560 g/mol. The summed E-state index contributed by atoms with van der Waals surface area (Å²) in [5.74, 6) is -0.302. The Labute approximate surface area is 239 Å². The first-order chi connectivity index (χ1) is 19.0. The molecule has 3 fully saturated rings. The Morgan fingerprint density at radius 3 is 2.55 bits per heavy atom. The van der Waals surface area contributed by atoms with Crippen molar-refractivity contribution in [3.63, 3.8) is 0 Å². The van der Waals surface area contributed by atoms with E-state index >= 15 is 0 Å². The molecule has 3 aliphatic heterocycles. The minimum Gasteiger partial charge on any atom is -0.459 e. The molecular formula is C31H48N2O7. The number of ether oxygens (including phenoxy) is 4. The Bertz CT molecular complexity index is 971. The van der Waals surface area contributed by atoms with Gasteiger partial charge in [-0.15, -0.1) is 0 Å². The Kier molecular flexibility index (Phi) is 12.0. The highest BCUT2D eigenvalue weighted by atomic mass is 16.6. The molecule has 2 N–H and O–H groups in total. The molecule has 0 bridgehead atoms. The van der Waals surface area contributed by atoms with Gasteiger partial charge < -0.3 is 29.6 Å². The first-order valence-electron chi connectivity index (χ1n) is 14.7. The molecule has 0 aromatic rings. The van der Waals surface area contributed by atoms with Gasteiger partial charge >= 0.3 is 5.97 Å². The van der Waals surface area contributed by atoms with E-state index in [0.29, 0.717) is 13.0 Å². The topological polar surface area (TPSA) is 115 Å². The lowest BCUT2D eigenvalue weighted by Gasteiger charge is -2.39. The highest BCUT2D eigenvalue weighted by Crippen LogP contribution is 2.43. The molecule has 2 amide bonds. The van der Waals surface area contributed by atoms with E-state index in [9.17, 15) is 14.4 Å². The van der Waals surface area contributed by atoms with Crippen LogP contribution in [-0.2, 0) is 33.3 Å². The van der Waals surface area contributed by atoms with Crippen LogP contribution in [0.2, 0.25) is 0 Å². The van der Waals surface area contributed by atoms with E-state index in [2.05, 4.69) is 42.7 Å². The fraction of sp³-hybridized carbons (Fsp3) is 0.710. The number of carbonyl (C=O) groups excluding carboxylic acids is 3. The summed E-state index contributed by atoms with van der Waals surface area (Å²) in [4.78, 5) is 35.6. The molecule has 0 unspecified atom stereocenters. The third kappa shape index (κ3) is 10.5. The second-order valence-electron chi connectivity index (χ2n) is 11.7. The molecule has 3 heterocycles. The minimum atomic E-state index is -0.457. The van der Waals surface area contributed by atoms with Crippen LogP contribution in [0.25, 0.3) is 0 Å². The fourth-order valence-electron chi connectivity index (χ4n) is 5.42. The highest BCUT2D eigenvalue weighted by molar-refractivity contribution is 5.87. The molecule has 0 aromatic heterocycles. The van der Waals surface area contributed by atoms with Crippen molar-refractivity contribution in [1.29, 1.82) is 0 Å². The van der Waals surface area contributed by atoms with Crippen LogP contribution < -0.4 is 10.6 Å². The van der Waals surface area contributed by atoms with Crippen LogP contribution in [0.1, 0.15) is 80.1 Å². The Morgan fingerprint density at radius 1 is 1.12 bits per heavy atom. The quantitative estimate of drug-likeness (QED) is 0.161. The van der Waals surface area contributed by atoms with Crippen molar-refractivity contribution in [3.8, 4) is 0 Å². The SMILES string of the molecule is CCCNC(=O)C[C@@H]1C[C@@]2(CO2)C[C@@H](/C=C/C(C)=C/C[C@@H]2O[C@H](C)[C@H](NC(=O)/C=C\[C@H](C)OC(C)=O)C[C@@H]2C)O1. The van der Waals surface area contributed by atoms with E-state index in [1.165, 1.54) is 13.0 Å². The average molecular weight is 561 g/mol. The second kappa shape index (κ2) is 14.9. The summed E-state index contributed by atoms with van der Waals surface area (Å²) < 4.78 is 23.3. The van der Waals surface area contributed by atoms with Crippen LogP contribution in [-0.4, -0.2) is 73.1 Å². The molecule has 9 heteroatoms. The smallest absolute Gasteiger partial charge is 0.303 e. The molecule has 1 spiro atoms. The number of esters is 1. The number of amides is 2. The first kappa shape index (κ1) is 32.0. The van der Waals surface area contributed by atoms with Crippen molar-refractivity contribution in [2.45, 2.75) is 122 Å². The molecular weight excluding hydrogens is 512 g/mol. The molecule has 0 radical (unpaired) electrons. The number of carbonyl (C=O) groups is 3. The molecule has 3 rings (SSSR count). The first-order valence-corrected chi connectivity index (χ1v) is 14.7. The van der Waals surface area contributed by atoms with Gasteiger partial charge in [0.25, 0.3) is 0 Å². The molecule has 0 saturated carbocycles. The van der Waals surface area contributed by atoms with Crippen molar-refractivity contribution in [3.05, 3.63) is 36.0 Å². The van der Waals surface area contributed by atoms with Crippen LogP contribution in [0.4, 0.5) is 0 Å². The van der Waals surface area contributed by atoms with Crippen molar-refractivity contribution in [2.24, 2.45) is 5.92 Å². The van der Waals surface area contributed by atoms with Crippen molar-refractivity contribution >= 4 is 17.8 Å². The van der Waals surface area contributed by atoms with Gasteiger partial charge in [0.15, 0.2) is 0 Å². The lowest BCUT2D eigenvalue weighted by molar-refractivity contribution is -0.143. The minimum absolute atomic E-state index is 0.0336. The molecule has 40 heavy (non-hydrogen) atoms. The maximum Gasteiger partial charge on any atom is 0.303 e. The number of allylic oxidation sites excluding steroid dienone is 2. The number of hydrogen-bond donors (Lipinski definition) is 2. The van der Waals surface area contributed by atoms with Crippen LogP contribution in [0.15, 0.2) is 36.0 Å². The zero-order valence-electron chi connectivity index (χ0n) is 24.9. The second-order valence-corrected chi connectivity index (χ2v) is 11.7. The lowest BCUT2D eigenvalue weighted by atomic mass is 9.88. The van der Waals surface area contributed by atoms with Crippen molar-refractivity contribution in [1.82, 2.24) is 10.6 Å². The molecule has 3 aliphatic rings. The number of hydrogen-bond acceptors (Lipinski definition) is 7. The van der Waals surface area contributed by atoms with Crippen LogP contribution in [0.5, 0.6) is 0 Å². The zero-order valence-corrected chi connectivity index (χ0v) is 24.9. The third-order valence-corrected chi connectivity index (χ3v) is 7.74. The predicted molar refractivity (Wildman–Crippen MR) is 152 cm³/mol. The normalized spacial score (nSPS) is 33.2. The Morgan fingerprint density at radius 2 is 1.88 bits per heavy atom. The number of rotatable bonds is 12. The molecule has 8 atom stereocenters. The largest absolute Gasteiger partial charge is 0.459 e. The maximum absolute atomic E-state index is 12.4. The van der Waals surface area contributed by atoms with Gasteiger partial charge in [-0.2, -0.15) is 0 Å². The lowest BCUT2D eigenvalue weighted by Crippen LogP contribution is -2.50. The summed E-state index contributed by atoms with van der Waals surface area (Å²) in [7, 11) is 0. The molecule has 224 valence electrons. The number of nitrogens with one attached hydrogen (secondary N) is 2. The van der Waals surface area contributed by atoms with Gasteiger partial charge in [0.1, 0.15) is 6.10 Å². The Balaban J connectivity index is 1.46. The average Bonchev–Trinajstić information content (AvgIpc) is 3.62. The van der Waals surface area contributed by atoms with E-state index in [1.54, 1.807) is 13.0 Å². The summed E-state index contributed by atoms with van der Waals surface area (Å²) >= 11 is 0. The zero-order chi connectivity index (χ0) is 29.3. The van der Waals surface area contributed by atoms with Crippen LogP contribution in [0, 0.1) is 5.92 Å². The summed E-state index contributed by atoms with van der Waals surface area (Å²) in [6, 6.07) is -0.0881. The summed E-state index contributed by atoms with van der Waals surface area (Å²) in [6.07, 6.45) is 13.1. The van der Waals surface area contributed by atoms with E-state index in [0.717, 1.165) is 44.3 Å². The third-order valence-electron chi connectivity index (χ3n) is 7.74. The molecule has 0 aliphatic carbocycles. The summed E-state index contributed by atoms with van der Waals surface area (Å²) in [5.41, 5.74) is 0.993. The predicted octanol–water partition coefficient (Wildman–Crippen LogP) is 3.92. The van der Waals surface area contributed by atoms with Gasteiger partial charge in [-0.1, -0.05) is 37.6 Å². The molecule has 9 nitrogen and oxygen atoms in total. The van der Waals surface area contributed by atoms with Crippen LogP contribution in [0.3, 0.4) is 0 Å². The van der Waals surface area contributed by atoms with Crippen LogP contribution >= 0.6 is 0 Å². The van der Waals surface area contributed by atoms with Crippen molar-refractivity contribution < 1.29 is 33.3 Å². The van der Waals surface area contributed by atoms with Gasteiger partial charge in [0.05, 0.1) is 49.1 Å². The van der Waals surface area contributed by atoms with E-state index < -0.39 is 6.10 Å². The van der Waals surface area contributed by atoms with Gasteiger partial charge in [0, 0.05) is 32.4 Å². The van der Waals surface area contributed by atoms with Gasteiger partial charge in [-0.25, -0.2) is 0 Å². The van der Waals surface area contributed by atoms with E-state index in [4.69, 9.17) is 18.9 Å². The standard InChI is InChI=1S/C31H48N2O7/c1-7-14-32-30(36)16-26-18-31(19-37-31)17-25(40-26)11-8-20(2)9-12-28-21(3)15-27(23(5)39-28)33-29(35)13-10-22(4)38-24(6)34/h8-11,13,21-23,25-28H,7,12,14-19H2,1-6H3,(H,32,36)(H,33,35)/b11-8+,13-10-,20-9+/t21-,22-,23+,25+,26+,27+,28-,31+/m0/s1. The fourth-order valence-corrected chi connectivity index (χ4v) is 5.42. The van der Waals surface area contributed by atoms with Gasteiger partial charge in [0.2, 0.25) is 11.8 Å². The molecule has 0 aromatic carbocycles.